The van der Waals surface area contributed by atoms with Crippen LogP contribution in [0.4, 0.5) is 5.69 Å². The lowest BCUT2D eigenvalue weighted by Gasteiger charge is -2.18. The van der Waals surface area contributed by atoms with Crippen molar-refractivity contribution in [3.8, 4) is 0 Å². The van der Waals surface area contributed by atoms with Gasteiger partial charge in [-0.2, -0.15) is 0 Å². The lowest BCUT2D eigenvalue weighted by molar-refractivity contribution is 0.785. The van der Waals surface area contributed by atoms with Crippen molar-refractivity contribution in [3.63, 3.8) is 0 Å². The SMILES string of the molecule is NCC(Nc1cccc(Br)c1)c1cccnc1. The number of anilines is 1. The zero-order chi connectivity index (χ0) is 12.1. The van der Waals surface area contributed by atoms with Crippen LogP contribution in [0.1, 0.15) is 11.6 Å². The molecular weight excluding hydrogens is 278 g/mol. The van der Waals surface area contributed by atoms with Gasteiger partial charge in [-0.25, -0.2) is 0 Å². The van der Waals surface area contributed by atoms with E-state index in [9.17, 15) is 0 Å². The van der Waals surface area contributed by atoms with E-state index in [4.69, 9.17) is 5.73 Å². The number of pyridine rings is 1. The molecule has 88 valence electrons. The Morgan fingerprint density at radius 3 is 2.82 bits per heavy atom. The summed E-state index contributed by atoms with van der Waals surface area (Å²) in [5, 5.41) is 3.39. The van der Waals surface area contributed by atoms with Crippen molar-refractivity contribution < 1.29 is 0 Å². The Kier molecular flexibility index (Phi) is 4.12. The van der Waals surface area contributed by atoms with E-state index >= 15 is 0 Å². The molecule has 0 radical (unpaired) electrons. The first-order valence-corrected chi connectivity index (χ1v) is 6.21. The molecule has 1 heterocycles. The number of aromatic nitrogens is 1. The Morgan fingerprint density at radius 1 is 1.29 bits per heavy atom. The minimum atomic E-state index is 0.0815. The van der Waals surface area contributed by atoms with Crippen LogP contribution < -0.4 is 11.1 Å². The van der Waals surface area contributed by atoms with Crippen LogP contribution in [0.5, 0.6) is 0 Å². The van der Waals surface area contributed by atoms with E-state index in [1.165, 1.54) is 0 Å². The van der Waals surface area contributed by atoms with Crippen LogP contribution in [0.25, 0.3) is 0 Å². The van der Waals surface area contributed by atoms with Crippen LogP contribution in [0.15, 0.2) is 53.3 Å². The molecule has 0 saturated heterocycles. The molecule has 0 aliphatic heterocycles. The normalized spacial score (nSPS) is 12.1. The number of benzene rings is 1. The summed E-state index contributed by atoms with van der Waals surface area (Å²) in [6.45, 7) is 0.526. The van der Waals surface area contributed by atoms with Crippen molar-refractivity contribution in [2.75, 3.05) is 11.9 Å². The third-order valence-corrected chi connectivity index (χ3v) is 2.98. The average Bonchev–Trinajstić information content (AvgIpc) is 2.37. The molecule has 0 bridgehead atoms. The van der Waals surface area contributed by atoms with Gasteiger partial charge in [0, 0.05) is 29.1 Å². The first-order chi connectivity index (χ1) is 8.29. The molecule has 1 aromatic heterocycles. The molecule has 2 rings (SSSR count). The van der Waals surface area contributed by atoms with E-state index in [0.29, 0.717) is 6.54 Å². The molecule has 0 aliphatic rings. The second kappa shape index (κ2) is 5.80. The van der Waals surface area contributed by atoms with E-state index in [1.54, 1.807) is 6.20 Å². The predicted octanol–water partition coefficient (Wildman–Crippen LogP) is 2.96. The summed E-state index contributed by atoms with van der Waals surface area (Å²) in [4.78, 5) is 4.11. The molecule has 0 spiro atoms. The van der Waals surface area contributed by atoms with Crippen molar-refractivity contribution in [1.82, 2.24) is 4.98 Å². The van der Waals surface area contributed by atoms with Gasteiger partial charge in [-0.3, -0.25) is 4.98 Å². The summed E-state index contributed by atoms with van der Waals surface area (Å²) in [6, 6.07) is 12.0. The first-order valence-electron chi connectivity index (χ1n) is 5.41. The molecule has 1 unspecified atom stereocenters. The van der Waals surface area contributed by atoms with Crippen LogP contribution in [-0.2, 0) is 0 Å². The molecule has 0 saturated carbocycles. The van der Waals surface area contributed by atoms with E-state index in [2.05, 4.69) is 26.2 Å². The predicted molar refractivity (Wildman–Crippen MR) is 73.8 cm³/mol. The van der Waals surface area contributed by atoms with Gasteiger partial charge in [-0.15, -0.1) is 0 Å². The highest BCUT2D eigenvalue weighted by atomic mass is 79.9. The standard InChI is InChI=1S/C13H14BrN3/c14-11-4-1-5-12(7-11)17-13(8-15)10-3-2-6-16-9-10/h1-7,9,13,17H,8,15H2. The fourth-order valence-corrected chi connectivity index (χ4v) is 2.04. The maximum Gasteiger partial charge on any atom is 0.0651 e. The third-order valence-electron chi connectivity index (χ3n) is 2.49. The van der Waals surface area contributed by atoms with E-state index in [0.717, 1.165) is 15.7 Å². The van der Waals surface area contributed by atoms with Gasteiger partial charge in [0.2, 0.25) is 0 Å². The summed E-state index contributed by atoms with van der Waals surface area (Å²) >= 11 is 3.45. The summed E-state index contributed by atoms with van der Waals surface area (Å²) in [6.07, 6.45) is 3.60. The maximum absolute atomic E-state index is 5.79. The number of halogens is 1. The van der Waals surface area contributed by atoms with E-state index < -0.39 is 0 Å². The van der Waals surface area contributed by atoms with Crippen molar-refractivity contribution in [3.05, 3.63) is 58.8 Å². The molecule has 17 heavy (non-hydrogen) atoms. The number of nitrogens with one attached hydrogen (secondary N) is 1. The van der Waals surface area contributed by atoms with Gasteiger partial charge in [0.1, 0.15) is 0 Å². The number of nitrogens with two attached hydrogens (primary N) is 1. The second-order valence-electron chi connectivity index (χ2n) is 3.73. The van der Waals surface area contributed by atoms with Crippen LogP contribution >= 0.6 is 15.9 Å². The molecule has 3 nitrogen and oxygen atoms in total. The van der Waals surface area contributed by atoms with Crippen molar-refractivity contribution in [2.45, 2.75) is 6.04 Å². The number of rotatable bonds is 4. The smallest absolute Gasteiger partial charge is 0.0651 e. The van der Waals surface area contributed by atoms with Crippen LogP contribution in [0, 0.1) is 0 Å². The summed E-state index contributed by atoms with van der Waals surface area (Å²) < 4.78 is 1.05. The minimum absolute atomic E-state index is 0.0815. The molecule has 0 fully saturated rings. The van der Waals surface area contributed by atoms with Crippen molar-refractivity contribution in [1.29, 1.82) is 0 Å². The highest BCUT2D eigenvalue weighted by molar-refractivity contribution is 9.10. The largest absolute Gasteiger partial charge is 0.377 e. The van der Waals surface area contributed by atoms with Gasteiger partial charge >= 0.3 is 0 Å². The Bertz CT molecular complexity index is 473. The Labute approximate surface area is 109 Å². The maximum atomic E-state index is 5.79. The van der Waals surface area contributed by atoms with Crippen molar-refractivity contribution in [2.24, 2.45) is 5.73 Å². The fraction of sp³-hybridized carbons (Fsp3) is 0.154. The molecular formula is C13H14BrN3. The van der Waals surface area contributed by atoms with Crippen LogP contribution in [0.2, 0.25) is 0 Å². The highest BCUT2D eigenvalue weighted by Crippen LogP contribution is 2.21. The zero-order valence-electron chi connectivity index (χ0n) is 9.31. The summed E-state index contributed by atoms with van der Waals surface area (Å²) in [5.41, 5.74) is 7.92. The number of hydrogen-bond acceptors (Lipinski definition) is 3. The lowest BCUT2D eigenvalue weighted by atomic mass is 10.1. The Balaban J connectivity index is 2.16. The quantitative estimate of drug-likeness (QED) is 0.911. The molecule has 3 N–H and O–H groups in total. The van der Waals surface area contributed by atoms with Gasteiger partial charge < -0.3 is 11.1 Å². The van der Waals surface area contributed by atoms with Crippen LogP contribution in [-0.4, -0.2) is 11.5 Å². The topological polar surface area (TPSA) is 50.9 Å². The molecule has 1 aromatic carbocycles. The number of hydrogen-bond donors (Lipinski definition) is 2. The Morgan fingerprint density at radius 2 is 2.18 bits per heavy atom. The molecule has 0 aliphatic carbocycles. The lowest BCUT2D eigenvalue weighted by Crippen LogP contribution is -2.20. The molecule has 1 atom stereocenters. The van der Waals surface area contributed by atoms with E-state index in [-0.39, 0.29) is 6.04 Å². The summed E-state index contributed by atoms with van der Waals surface area (Å²) in [7, 11) is 0. The fourth-order valence-electron chi connectivity index (χ4n) is 1.64. The molecule has 4 heteroatoms. The third kappa shape index (κ3) is 3.28. The second-order valence-corrected chi connectivity index (χ2v) is 4.65. The van der Waals surface area contributed by atoms with Crippen molar-refractivity contribution >= 4 is 21.6 Å². The monoisotopic (exact) mass is 291 g/mol. The highest BCUT2D eigenvalue weighted by Gasteiger charge is 2.09. The van der Waals surface area contributed by atoms with Crippen LogP contribution in [0.3, 0.4) is 0 Å². The molecule has 0 amide bonds. The van der Waals surface area contributed by atoms with Gasteiger partial charge in [0.05, 0.1) is 6.04 Å². The summed E-state index contributed by atoms with van der Waals surface area (Å²) in [5.74, 6) is 0. The zero-order valence-corrected chi connectivity index (χ0v) is 10.9. The van der Waals surface area contributed by atoms with Gasteiger partial charge in [0.15, 0.2) is 0 Å². The van der Waals surface area contributed by atoms with Gasteiger partial charge in [0.25, 0.3) is 0 Å². The van der Waals surface area contributed by atoms with Gasteiger partial charge in [-0.05, 0) is 29.8 Å². The van der Waals surface area contributed by atoms with E-state index in [1.807, 2.05) is 42.6 Å². The number of nitrogens with zero attached hydrogens (tertiary/aromatic N) is 1. The average molecular weight is 292 g/mol. The first kappa shape index (κ1) is 12.1. The van der Waals surface area contributed by atoms with Gasteiger partial charge in [-0.1, -0.05) is 28.1 Å². The minimum Gasteiger partial charge on any atom is -0.377 e. The molecule has 2 aromatic rings. The Hall–Kier alpha value is -1.39.